The van der Waals surface area contributed by atoms with Crippen molar-refractivity contribution in [3.05, 3.63) is 92.1 Å². The van der Waals surface area contributed by atoms with Crippen LogP contribution in [0.2, 0.25) is 38.3 Å². The molecule has 2 aliphatic rings. The molecule has 2 aromatic carbocycles. The second-order valence-electron chi connectivity index (χ2n) is 33.2. The van der Waals surface area contributed by atoms with Gasteiger partial charge in [-0.05, 0) is 164 Å². The molecule has 0 aromatic heterocycles. The number of ketones is 4. The number of piperidine rings is 1. The number of nitrogens with zero attached hydrogens (tertiary/aromatic N) is 1. The molecule has 0 bridgehead atoms. The smallest absolute Gasteiger partial charge is 0.329 e. The standard InChI is InChI=1S/C83H135I2NO13Si3/c1-53(2)100(54(3)4,55(5)6)97-67(50-73(93-23)65(19)52-85)41-39-60(14)76(88)78(90)81(91)86-45-33-32-38-70(86)82(92)96-74(62(16)48-66-40-42-72(75(49-66)94-24)98-102(83(20,21)22,68-34-28-26-29-35-68)69-36-30-27-31-37-69)51-71(87)61(15)47-64(18)79(99-101(56(7)8,57(9)10)58(11)12)80(95-25)77(89)63(17)46-59(13)43-44-84/h26-31,34-37,43-44,47,52-63,66-67,70,72-75,79-80H,32-33,38-42,45-46,48-51H2,1-25H3/b44-43+,64-47+,65-52+/t59-,60-,61-,62-,63-,66+,67-,70+,72-,73+,74+,75-,79-,80+/m1/s1. The lowest BCUT2D eigenvalue weighted by molar-refractivity contribution is -0.166. The van der Waals surface area contributed by atoms with Gasteiger partial charge >= 0.3 is 5.97 Å². The zero-order valence-electron chi connectivity index (χ0n) is 67.3. The summed E-state index contributed by atoms with van der Waals surface area (Å²) in [6.45, 7) is 47.3. The number of hydrogen-bond donors (Lipinski definition) is 0. The van der Waals surface area contributed by atoms with E-state index in [2.05, 4.69) is 211 Å². The zero-order valence-corrected chi connectivity index (χ0v) is 74.6. The number of ether oxygens (including phenoxy) is 4. The molecule has 102 heavy (non-hydrogen) atoms. The molecule has 0 N–H and O–H groups in total. The molecule has 0 unspecified atom stereocenters. The normalized spacial score (nSPS) is 20.9. The van der Waals surface area contributed by atoms with Gasteiger partial charge in [0, 0.05) is 64.6 Å². The molecule has 0 spiro atoms. The second kappa shape index (κ2) is 42.2. The molecular formula is C83H135I2NO13Si3. The molecule has 576 valence electrons. The molecule has 2 fully saturated rings. The number of methoxy groups -OCH3 is 3. The summed E-state index contributed by atoms with van der Waals surface area (Å²) in [7, 11) is -3.03. The van der Waals surface area contributed by atoms with Crippen LogP contribution in [0.25, 0.3) is 0 Å². The Labute approximate surface area is 648 Å². The summed E-state index contributed by atoms with van der Waals surface area (Å²) in [5.74, 6) is -5.88. The molecule has 4 rings (SSSR count). The van der Waals surface area contributed by atoms with Gasteiger partial charge in [0.2, 0.25) is 22.4 Å². The SMILES string of the molecule is CO[C@@H](C[C@@H](CC[C@@H](C)C(=O)C(=O)C(=O)N1CCCC[C@H]1C(=O)O[C@@H](CC(=O)[C@H](C)/C=C(\C)[C@@H](O[Si](C(C)C)(C(C)C)C(C)C)[C@@H](OC)C(=O)[C@H](C)C[C@H](C)/C=C/I)[C@H](C)C[C@@H]1CC[C@@H](O[Si](c2ccccc2)(c2ccccc2)C(C)(C)C)[C@H](OC)C1)O[Si](C(C)C)(C(C)C)C(C)C)/C(C)=C/I. The van der Waals surface area contributed by atoms with E-state index < -0.39 is 84.6 Å². The topological polar surface area (TPSA) is 170 Å². The Hall–Kier alpha value is -2.85. The minimum Gasteiger partial charge on any atom is -0.460 e. The summed E-state index contributed by atoms with van der Waals surface area (Å²) in [5, 5.41) is 2.13. The van der Waals surface area contributed by atoms with Crippen molar-refractivity contribution >= 4 is 116 Å². The molecule has 1 amide bonds. The number of rotatable bonds is 42. The third-order valence-electron chi connectivity index (χ3n) is 23.2. The van der Waals surface area contributed by atoms with Gasteiger partial charge in [-0.15, -0.1) is 0 Å². The van der Waals surface area contributed by atoms with Crippen molar-refractivity contribution in [2.24, 2.45) is 35.5 Å². The number of halogens is 2. The van der Waals surface area contributed by atoms with E-state index in [4.69, 9.17) is 32.2 Å². The molecule has 1 aliphatic heterocycles. The number of esters is 1. The Morgan fingerprint density at radius 3 is 1.65 bits per heavy atom. The van der Waals surface area contributed by atoms with Gasteiger partial charge in [0.1, 0.15) is 24.0 Å². The van der Waals surface area contributed by atoms with Gasteiger partial charge in [-0.2, -0.15) is 0 Å². The third kappa shape index (κ3) is 23.1. The van der Waals surface area contributed by atoms with Crippen LogP contribution in [0.4, 0.5) is 0 Å². The van der Waals surface area contributed by atoms with E-state index in [0.29, 0.717) is 68.0 Å². The quantitative estimate of drug-likeness (QED) is 0.0154. The van der Waals surface area contributed by atoms with Crippen LogP contribution in [0, 0.1) is 35.5 Å². The second-order valence-corrected chi connectivity index (χ2v) is 49.6. The number of carbonyl (C=O) groups excluding carboxylic acids is 6. The molecule has 0 radical (unpaired) electrons. The lowest BCUT2D eigenvalue weighted by Crippen LogP contribution is -2.68. The maximum atomic E-state index is 15.3. The Kier molecular flexibility index (Phi) is 37.9. The molecule has 1 saturated carbocycles. The van der Waals surface area contributed by atoms with Crippen molar-refractivity contribution in [3.8, 4) is 0 Å². The minimum absolute atomic E-state index is 0.0542. The molecule has 1 heterocycles. The highest BCUT2D eigenvalue weighted by atomic mass is 127. The predicted molar refractivity (Wildman–Crippen MR) is 442 cm³/mol. The van der Waals surface area contributed by atoms with Crippen molar-refractivity contribution in [1.29, 1.82) is 0 Å². The molecular weight excluding hydrogens is 1560 g/mol. The summed E-state index contributed by atoms with van der Waals surface area (Å²) < 4.78 is 52.1. The highest BCUT2D eigenvalue weighted by molar-refractivity contribution is 14.1. The number of benzene rings is 2. The number of allylic oxidation sites excluding steroid dienone is 2. The fraction of sp³-hybridized carbons (Fsp3) is 0.711. The van der Waals surface area contributed by atoms with Crippen molar-refractivity contribution < 1.29 is 61.0 Å². The van der Waals surface area contributed by atoms with Gasteiger partial charge in [-0.3, -0.25) is 24.0 Å². The van der Waals surface area contributed by atoms with Gasteiger partial charge < -0.3 is 37.1 Å². The fourth-order valence-corrected chi connectivity index (χ4v) is 34.7. The largest absolute Gasteiger partial charge is 0.460 e. The fourth-order valence-electron chi connectivity index (χ4n) is 17.6. The average Bonchev–Trinajstić information content (AvgIpc) is 0.735. The Morgan fingerprint density at radius 1 is 0.627 bits per heavy atom. The lowest BCUT2D eigenvalue weighted by Gasteiger charge is -2.48. The monoisotopic (exact) mass is 1690 g/mol. The molecule has 2 aromatic rings. The number of likely N-dealkylation sites (tertiary alicyclic amines) is 1. The van der Waals surface area contributed by atoms with Crippen LogP contribution in [-0.2, 0) is 61.0 Å². The van der Waals surface area contributed by atoms with Crippen LogP contribution in [-0.4, -0.2) is 142 Å². The van der Waals surface area contributed by atoms with Crippen molar-refractivity contribution in [2.75, 3.05) is 27.9 Å². The van der Waals surface area contributed by atoms with E-state index in [1.165, 1.54) is 15.3 Å². The summed E-state index contributed by atoms with van der Waals surface area (Å²) in [4.78, 5) is 90.1. The van der Waals surface area contributed by atoms with Crippen LogP contribution in [0.3, 0.4) is 0 Å². The van der Waals surface area contributed by atoms with Gasteiger partial charge in [-0.25, -0.2) is 4.79 Å². The summed E-state index contributed by atoms with van der Waals surface area (Å²) in [5.41, 5.74) is 3.28. The van der Waals surface area contributed by atoms with Gasteiger partial charge in [-0.1, -0.05) is 256 Å². The van der Waals surface area contributed by atoms with Crippen LogP contribution < -0.4 is 10.4 Å². The molecule has 14 nitrogen and oxygen atoms in total. The summed E-state index contributed by atoms with van der Waals surface area (Å²) in [6, 6.07) is 20.1. The lowest BCUT2D eigenvalue weighted by atomic mass is 9.78. The van der Waals surface area contributed by atoms with E-state index in [0.717, 1.165) is 24.0 Å². The summed E-state index contributed by atoms with van der Waals surface area (Å²) >= 11 is 4.45. The minimum atomic E-state index is -2.96. The number of amides is 1. The van der Waals surface area contributed by atoms with Gasteiger partial charge in [0.05, 0.1) is 24.4 Å². The highest BCUT2D eigenvalue weighted by Gasteiger charge is 2.54. The van der Waals surface area contributed by atoms with E-state index in [1.807, 2.05) is 61.0 Å². The van der Waals surface area contributed by atoms with E-state index in [-0.39, 0.29) is 101 Å². The van der Waals surface area contributed by atoms with Crippen molar-refractivity contribution in [1.82, 2.24) is 4.90 Å². The average molecular weight is 1690 g/mol. The van der Waals surface area contributed by atoms with Crippen LogP contribution in [0.5, 0.6) is 0 Å². The summed E-state index contributed by atoms with van der Waals surface area (Å²) in [6.07, 6.45) is 6.34. The first-order valence-corrected chi connectivity index (χ1v) is 47.1. The number of Topliss-reactive ketones (excluding diaryl/α,β-unsaturated/α-hetero) is 4. The Morgan fingerprint density at radius 2 is 1.17 bits per heavy atom. The van der Waals surface area contributed by atoms with Crippen LogP contribution >= 0.6 is 45.2 Å². The third-order valence-corrected chi connectivity index (χ3v) is 41.9. The van der Waals surface area contributed by atoms with E-state index >= 15 is 9.59 Å². The molecule has 19 heteroatoms. The molecule has 14 atom stereocenters. The van der Waals surface area contributed by atoms with Crippen LogP contribution in [0.1, 0.15) is 229 Å². The van der Waals surface area contributed by atoms with Gasteiger partial charge in [0.25, 0.3) is 20.0 Å². The van der Waals surface area contributed by atoms with Gasteiger partial charge in [0.15, 0.2) is 5.78 Å². The first kappa shape index (κ1) is 91.5. The maximum absolute atomic E-state index is 15.3. The maximum Gasteiger partial charge on any atom is 0.329 e. The van der Waals surface area contributed by atoms with Crippen LogP contribution in [0.15, 0.2) is 92.1 Å². The van der Waals surface area contributed by atoms with Crippen molar-refractivity contribution in [2.45, 2.75) is 316 Å². The first-order chi connectivity index (χ1) is 47.8. The Bertz CT molecular complexity index is 2970. The van der Waals surface area contributed by atoms with E-state index in [9.17, 15) is 19.2 Å². The van der Waals surface area contributed by atoms with Crippen molar-refractivity contribution in [3.63, 3.8) is 0 Å². The first-order valence-electron chi connectivity index (χ1n) is 38.4. The number of carbonyl (C=O) groups is 6. The molecule has 1 aliphatic carbocycles. The molecule has 1 saturated heterocycles. The zero-order chi connectivity index (χ0) is 76.9. The highest BCUT2D eigenvalue weighted by Crippen LogP contribution is 2.47. The number of hydrogen-bond acceptors (Lipinski definition) is 13. The predicted octanol–water partition coefficient (Wildman–Crippen LogP) is 19.2. The Balaban J connectivity index is 1.77. The van der Waals surface area contributed by atoms with E-state index in [1.54, 1.807) is 28.3 Å².